The van der Waals surface area contributed by atoms with Crippen molar-refractivity contribution < 1.29 is 26.2 Å². The molecule has 2 atom stereocenters. The molecule has 1 aliphatic heterocycles. The predicted molar refractivity (Wildman–Crippen MR) is 80.6 cm³/mol. The Morgan fingerprint density at radius 3 is 2.16 bits per heavy atom. The van der Waals surface area contributed by atoms with E-state index < -0.39 is 50.6 Å². The van der Waals surface area contributed by atoms with E-state index in [9.17, 15) is 26.2 Å². The van der Waals surface area contributed by atoms with Crippen LogP contribution in [0.3, 0.4) is 0 Å². The zero-order valence-electron chi connectivity index (χ0n) is 12.2. The number of hydrogen-bond acceptors (Lipinski definition) is 3. The van der Waals surface area contributed by atoms with E-state index >= 15 is 0 Å². The molecule has 2 unspecified atom stereocenters. The molecule has 1 aliphatic rings. The number of fused-ring (bicyclic) bond motifs is 1. The molecule has 3 nitrogen and oxygen atoms in total. The Hall–Kier alpha value is -1.87. The van der Waals surface area contributed by atoms with Gasteiger partial charge in [0, 0.05) is 22.6 Å². The molecule has 0 radical (unpaired) electrons. The van der Waals surface area contributed by atoms with E-state index in [4.69, 9.17) is 11.6 Å². The van der Waals surface area contributed by atoms with Crippen molar-refractivity contribution in [2.45, 2.75) is 16.3 Å². The molecule has 0 fully saturated rings. The fourth-order valence-corrected chi connectivity index (χ4v) is 4.25. The third-order valence-corrected chi connectivity index (χ3v) is 5.55. The highest BCUT2D eigenvalue weighted by Gasteiger charge is 2.38. The van der Waals surface area contributed by atoms with Crippen LogP contribution in [-0.2, 0) is 15.8 Å². The van der Waals surface area contributed by atoms with Crippen LogP contribution < -0.4 is 0 Å². The number of rotatable bonds is 2. The largest absolute Gasteiger partial charge is 0.254 e. The normalized spacial score (nSPS) is 23.0. The first-order chi connectivity index (χ1) is 11.8. The molecule has 0 spiro atoms. The lowest BCUT2D eigenvalue weighted by atomic mass is 10.0. The molecular formula is C15H8ClF5N2OS. The van der Waals surface area contributed by atoms with E-state index in [0.29, 0.717) is 10.5 Å². The summed E-state index contributed by atoms with van der Waals surface area (Å²) in [4.78, 5) is -1.25. The average Bonchev–Trinajstić information content (AvgIpc) is 2.62. The Bertz CT molecular complexity index is 894. The minimum Gasteiger partial charge on any atom is -0.254 e. The maximum Gasteiger partial charge on any atom is 0.200 e. The fourth-order valence-electron chi connectivity index (χ4n) is 2.37. The Balaban J connectivity index is 2.10. The minimum absolute atomic E-state index is 0.0110. The van der Waals surface area contributed by atoms with Gasteiger partial charge in [-0.05, 0) is 6.07 Å². The van der Waals surface area contributed by atoms with Crippen molar-refractivity contribution in [2.24, 2.45) is 10.2 Å². The number of benzene rings is 2. The number of hydrogen-bond donors (Lipinski definition) is 0. The maximum absolute atomic E-state index is 13.7. The van der Waals surface area contributed by atoms with Gasteiger partial charge in [-0.15, -0.1) is 5.11 Å². The van der Waals surface area contributed by atoms with Gasteiger partial charge >= 0.3 is 0 Å². The molecule has 1 heterocycles. The smallest absolute Gasteiger partial charge is 0.200 e. The van der Waals surface area contributed by atoms with Crippen LogP contribution in [0, 0.1) is 29.1 Å². The molecule has 0 saturated carbocycles. The summed E-state index contributed by atoms with van der Waals surface area (Å²) < 4.78 is 78.8. The highest BCUT2D eigenvalue weighted by Crippen LogP contribution is 2.43. The van der Waals surface area contributed by atoms with Crippen molar-refractivity contribution in [3.8, 4) is 0 Å². The van der Waals surface area contributed by atoms with Crippen molar-refractivity contribution in [3.63, 3.8) is 0 Å². The van der Waals surface area contributed by atoms with Gasteiger partial charge in [-0.2, -0.15) is 5.11 Å². The SMILES string of the molecule is O=S1CCC(Cl)(N=Nc2c(F)c(F)c(F)c(F)c2F)c2ccccc21. The highest BCUT2D eigenvalue weighted by molar-refractivity contribution is 7.85. The fraction of sp³-hybridized carbons (Fsp3) is 0.200. The standard InChI is InChI=1S/C15H8ClF5N2OS/c16-15(5-6-25(24)8-4-2-1-3-7(8)15)23-22-14-12(20)10(18)9(17)11(19)13(14)21/h1-4H,5-6H2. The first kappa shape index (κ1) is 17.9. The van der Waals surface area contributed by atoms with Gasteiger partial charge in [-0.25, -0.2) is 22.0 Å². The number of halogens is 6. The van der Waals surface area contributed by atoms with Gasteiger partial charge in [0.05, 0.1) is 10.8 Å². The molecule has 2 aromatic carbocycles. The average molecular weight is 395 g/mol. The first-order valence-electron chi connectivity index (χ1n) is 6.87. The third kappa shape index (κ3) is 2.95. The Kier molecular flexibility index (Phi) is 4.63. The minimum atomic E-state index is -2.28. The number of nitrogens with zero attached hydrogens (tertiary/aromatic N) is 2. The summed E-state index contributed by atoms with van der Waals surface area (Å²) >= 11 is 6.34. The molecular weight excluding hydrogens is 387 g/mol. The van der Waals surface area contributed by atoms with Crippen molar-refractivity contribution in [3.05, 3.63) is 58.9 Å². The van der Waals surface area contributed by atoms with Gasteiger partial charge in [-0.1, -0.05) is 29.8 Å². The zero-order chi connectivity index (χ0) is 18.4. The Morgan fingerprint density at radius 2 is 1.52 bits per heavy atom. The van der Waals surface area contributed by atoms with Gasteiger partial charge in [0.1, 0.15) is 0 Å². The second kappa shape index (κ2) is 6.45. The second-order valence-electron chi connectivity index (χ2n) is 5.17. The van der Waals surface area contributed by atoms with Crippen molar-refractivity contribution >= 4 is 28.1 Å². The van der Waals surface area contributed by atoms with Gasteiger partial charge in [0.25, 0.3) is 0 Å². The lowest BCUT2D eigenvalue weighted by molar-refractivity contribution is 0.379. The maximum atomic E-state index is 13.7. The summed E-state index contributed by atoms with van der Waals surface area (Å²) in [5.74, 6) is -10.6. The van der Waals surface area contributed by atoms with Gasteiger partial charge in [0.2, 0.25) is 5.82 Å². The third-order valence-electron chi connectivity index (χ3n) is 3.66. The lowest BCUT2D eigenvalue weighted by Gasteiger charge is -2.28. The van der Waals surface area contributed by atoms with Gasteiger partial charge < -0.3 is 0 Å². The van der Waals surface area contributed by atoms with Crippen LogP contribution in [-0.4, -0.2) is 9.96 Å². The molecule has 0 saturated heterocycles. The summed E-state index contributed by atoms with van der Waals surface area (Å²) in [5, 5.41) is 6.80. The first-order valence-corrected chi connectivity index (χ1v) is 8.57. The van der Waals surface area contributed by atoms with Crippen LogP contribution in [0.1, 0.15) is 12.0 Å². The van der Waals surface area contributed by atoms with E-state index in [0.717, 1.165) is 0 Å². The van der Waals surface area contributed by atoms with E-state index in [2.05, 4.69) is 10.2 Å². The summed E-state index contributed by atoms with van der Waals surface area (Å²) in [6, 6.07) is 6.28. The topological polar surface area (TPSA) is 41.8 Å². The molecule has 0 amide bonds. The lowest BCUT2D eigenvalue weighted by Crippen LogP contribution is -2.26. The van der Waals surface area contributed by atoms with E-state index in [-0.39, 0.29) is 12.2 Å². The summed E-state index contributed by atoms with van der Waals surface area (Å²) in [6.07, 6.45) is 0.0110. The van der Waals surface area contributed by atoms with Gasteiger partial charge in [-0.3, -0.25) is 4.21 Å². The van der Waals surface area contributed by atoms with Crippen LogP contribution in [0.25, 0.3) is 0 Å². The highest BCUT2D eigenvalue weighted by atomic mass is 35.5. The van der Waals surface area contributed by atoms with Crippen molar-refractivity contribution in [1.82, 2.24) is 0 Å². The summed E-state index contributed by atoms with van der Waals surface area (Å²) in [5.41, 5.74) is -1.13. The molecule has 10 heteroatoms. The molecule has 0 N–H and O–H groups in total. The summed E-state index contributed by atoms with van der Waals surface area (Å²) in [7, 11) is -1.33. The number of azo groups is 1. The van der Waals surface area contributed by atoms with Gasteiger partial charge in [0.15, 0.2) is 34.0 Å². The van der Waals surface area contributed by atoms with Crippen molar-refractivity contribution in [1.29, 1.82) is 0 Å². The molecule has 2 aromatic rings. The van der Waals surface area contributed by atoms with E-state index in [1.54, 1.807) is 18.2 Å². The molecule has 0 bridgehead atoms. The van der Waals surface area contributed by atoms with Crippen LogP contribution in [0.2, 0.25) is 0 Å². The van der Waals surface area contributed by atoms with Crippen LogP contribution in [0.5, 0.6) is 0 Å². The quantitative estimate of drug-likeness (QED) is 0.175. The van der Waals surface area contributed by atoms with Crippen LogP contribution in [0.15, 0.2) is 39.4 Å². The van der Waals surface area contributed by atoms with Crippen LogP contribution >= 0.6 is 11.6 Å². The van der Waals surface area contributed by atoms with Crippen molar-refractivity contribution in [2.75, 3.05) is 5.75 Å². The molecule has 132 valence electrons. The van der Waals surface area contributed by atoms with E-state index in [1.807, 2.05) is 0 Å². The zero-order valence-corrected chi connectivity index (χ0v) is 13.8. The van der Waals surface area contributed by atoms with Crippen LogP contribution in [0.4, 0.5) is 27.6 Å². The summed E-state index contributed by atoms with van der Waals surface area (Å²) in [6.45, 7) is 0. The molecule has 3 rings (SSSR count). The molecule has 0 aromatic heterocycles. The monoisotopic (exact) mass is 394 g/mol. The van der Waals surface area contributed by atoms with E-state index in [1.165, 1.54) is 6.07 Å². The second-order valence-corrected chi connectivity index (χ2v) is 7.34. The Labute approximate surface area is 146 Å². The molecule has 25 heavy (non-hydrogen) atoms. The predicted octanol–water partition coefficient (Wildman–Crippen LogP) is 5.07. The number of alkyl halides is 1. The Morgan fingerprint density at radius 1 is 0.960 bits per heavy atom. The molecule has 0 aliphatic carbocycles.